The van der Waals surface area contributed by atoms with Gasteiger partial charge in [0.15, 0.2) is 11.8 Å². The summed E-state index contributed by atoms with van der Waals surface area (Å²) in [5.41, 5.74) is 1.15. The summed E-state index contributed by atoms with van der Waals surface area (Å²) in [4.78, 5) is 25.1. The average Bonchev–Trinajstić information content (AvgIpc) is 3.04. The summed E-state index contributed by atoms with van der Waals surface area (Å²) in [6.07, 6.45) is 5.38. The van der Waals surface area contributed by atoms with Crippen LogP contribution in [0.25, 0.3) is 0 Å². The van der Waals surface area contributed by atoms with Crippen LogP contribution in [0.15, 0.2) is 40.5 Å². The lowest BCUT2D eigenvalue weighted by Gasteiger charge is -2.36. The monoisotopic (exact) mass is 343 g/mol. The molecule has 0 spiro atoms. The molecule has 134 valence electrons. The van der Waals surface area contributed by atoms with Crippen molar-refractivity contribution in [2.45, 2.75) is 6.54 Å². The number of hydrogen-bond donors (Lipinski definition) is 1. The van der Waals surface area contributed by atoms with E-state index in [9.17, 15) is 4.79 Å². The maximum absolute atomic E-state index is 12.2. The highest BCUT2D eigenvalue weighted by Gasteiger charge is 2.22. The van der Waals surface area contributed by atoms with E-state index in [1.165, 1.54) is 5.69 Å². The first-order valence-corrected chi connectivity index (χ1v) is 8.42. The molecule has 2 aromatic rings. The van der Waals surface area contributed by atoms with Crippen LogP contribution in [0.1, 0.15) is 5.69 Å². The Morgan fingerprint density at radius 1 is 1.20 bits per heavy atom. The van der Waals surface area contributed by atoms with Crippen LogP contribution in [0.3, 0.4) is 0 Å². The SMILES string of the molecule is CN=C(NCc1cccn1C)N1CCN(c2nccn(C)c2=O)CC1. The van der Waals surface area contributed by atoms with Crippen molar-refractivity contribution in [3.8, 4) is 0 Å². The summed E-state index contributed by atoms with van der Waals surface area (Å²) in [6, 6.07) is 4.13. The lowest BCUT2D eigenvalue weighted by Crippen LogP contribution is -2.53. The summed E-state index contributed by atoms with van der Waals surface area (Å²) in [5.74, 6) is 1.41. The number of piperazine rings is 1. The van der Waals surface area contributed by atoms with E-state index in [-0.39, 0.29) is 5.56 Å². The largest absolute Gasteiger partial charge is 0.353 e. The highest BCUT2D eigenvalue weighted by molar-refractivity contribution is 5.80. The molecule has 1 fully saturated rings. The predicted molar refractivity (Wildman–Crippen MR) is 98.9 cm³/mol. The Morgan fingerprint density at radius 3 is 2.60 bits per heavy atom. The molecule has 0 unspecified atom stereocenters. The van der Waals surface area contributed by atoms with Crippen LogP contribution in [0.5, 0.6) is 0 Å². The van der Waals surface area contributed by atoms with Crippen molar-refractivity contribution in [1.82, 2.24) is 24.3 Å². The number of aromatic nitrogens is 3. The van der Waals surface area contributed by atoms with Crippen molar-refractivity contribution in [2.24, 2.45) is 19.1 Å². The smallest absolute Gasteiger partial charge is 0.293 e. The average molecular weight is 343 g/mol. The van der Waals surface area contributed by atoms with Crippen molar-refractivity contribution in [2.75, 3.05) is 38.1 Å². The second-order valence-electron chi connectivity index (χ2n) is 6.15. The topological polar surface area (TPSA) is 70.7 Å². The molecule has 0 bridgehead atoms. The minimum absolute atomic E-state index is 0.0536. The number of rotatable bonds is 3. The molecule has 0 radical (unpaired) electrons. The third-order valence-electron chi connectivity index (χ3n) is 4.57. The van der Waals surface area contributed by atoms with Gasteiger partial charge in [-0.25, -0.2) is 4.98 Å². The summed E-state index contributed by atoms with van der Waals surface area (Å²) >= 11 is 0. The van der Waals surface area contributed by atoms with Crippen molar-refractivity contribution in [3.63, 3.8) is 0 Å². The highest BCUT2D eigenvalue weighted by atomic mass is 16.1. The minimum Gasteiger partial charge on any atom is -0.353 e. The summed E-state index contributed by atoms with van der Waals surface area (Å²) in [5, 5.41) is 3.41. The van der Waals surface area contributed by atoms with E-state index in [1.807, 2.05) is 24.2 Å². The van der Waals surface area contributed by atoms with Gasteiger partial charge < -0.3 is 24.3 Å². The summed E-state index contributed by atoms with van der Waals surface area (Å²) < 4.78 is 3.66. The first kappa shape index (κ1) is 17.1. The first-order chi connectivity index (χ1) is 12.1. The molecule has 25 heavy (non-hydrogen) atoms. The maximum atomic E-state index is 12.2. The Hall–Kier alpha value is -2.77. The fraction of sp³-hybridized carbons (Fsp3) is 0.471. The molecule has 3 rings (SSSR count). The molecule has 1 N–H and O–H groups in total. The van der Waals surface area contributed by atoms with E-state index in [2.05, 4.69) is 30.8 Å². The van der Waals surface area contributed by atoms with Crippen LogP contribution < -0.4 is 15.8 Å². The molecular formula is C17H25N7O. The highest BCUT2D eigenvalue weighted by Crippen LogP contribution is 2.09. The third-order valence-corrected chi connectivity index (χ3v) is 4.57. The van der Waals surface area contributed by atoms with E-state index in [4.69, 9.17) is 0 Å². The minimum atomic E-state index is -0.0536. The normalized spacial score (nSPS) is 15.6. The number of aryl methyl sites for hydroxylation is 2. The number of guanidine groups is 1. The molecule has 8 nitrogen and oxygen atoms in total. The van der Waals surface area contributed by atoms with Crippen molar-refractivity contribution in [1.29, 1.82) is 0 Å². The van der Waals surface area contributed by atoms with Gasteiger partial charge in [0.2, 0.25) is 0 Å². The molecule has 1 aliphatic heterocycles. The molecule has 2 aromatic heterocycles. The molecular weight excluding hydrogens is 318 g/mol. The Balaban J connectivity index is 1.60. The molecule has 0 aromatic carbocycles. The number of aliphatic imine (C=N–C) groups is 1. The molecule has 1 aliphatic rings. The van der Waals surface area contributed by atoms with Gasteiger partial charge in [0.25, 0.3) is 5.56 Å². The summed E-state index contributed by atoms with van der Waals surface area (Å²) in [7, 11) is 5.58. The van der Waals surface area contributed by atoms with Gasteiger partial charge in [-0.2, -0.15) is 0 Å². The van der Waals surface area contributed by atoms with Gasteiger partial charge >= 0.3 is 0 Å². The van der Waals surface area contributed by atoms with Crippen LogP contribution in [0.2, 0.25) is 0 Å². The summed E-state index contributed by atoms with van der Waals surface area (Å²) in [6.45, 7) is 3.82. The zero-order valence-electron chi connectivity index (χ0n) is 15.0. The molecule has 1 saturated heterocycles. The van der Waals surface area contributed by atoms with Crippen molar-refractivity contribution >= 4 is 11.8 Å². The van der Waals surface area contributed by atoms with E-state index < -0.39 is 0 Å². The molecule has 8 heteroatoms. The van der Waals surface area contributed by atoms with Gasteiger partial charge in [0, 0.05) is 71.6 Å². The lowest BCUT2D eigenvalue weighted by atomic mass is 10.3. The van der Waals surface area contributed by atoms with E-state index >= 15 is 0 Å². The van der Waals surface area contributed by atoms with Gasteiger partial charge in [-0.3, -0.25) is 9.79 Å². The van der Waals surface area contributed by atoms with Crippen LogP contribution in [0, 0.1) is 0 Å². The maximum Gasteiger partial charge on any atom is 0.293 e. The second kappa shape index (κ2) is 7.42. The predicted octanol–water partition coefficient (Wildman–Crippen LogP) is 0.0164. The standard InChI is InChI=1S/C17H25N7O/c1-18-17(20-13-14-5-4-7-21(14)2)24-11-9-23(10-12-24)15-16(25)22(3)8-6-19-15/h4-8H,9-13H2,1-3H3,(H,18,20). The Morgan fingerprint density at radius 2 is 1.96 bits per heavy atom. The molecule has 3 heterocycles. The van der Waals surface area contributed by atoms with E-state index in [0.29, 0.717) is 5.82 Å². The molecule has 0 saturated carbocycles. The van der Waals surface area contributed by atoms with Crippen LogP contribution >= 0.6 is 0 Å². The quantitative estimate of drug-likeness (QED) is 0.628. The second-order valence-corrected chi connectivity index (χ2v) is 6.15. The van der Waals surface area contributed by atoms with E-state index in [1.54, 1.807) is 31.1 Å². The van der Waals surface area contributed by atoms with Gasteiger partial charge in [0.1, 0.15) is 0 Å². The fourth-order valence-corrected chi connectivity index (χ4v) is 3.01. The van der Waals surface area contributed by atoms with Gasteiger partial charge in [-0.05, 0) is 12.1 Å². The lowest BCUT2D eigenvalue weighted by molar-refractivity contribution is 0.370. The van der Waals surface area contributed by atoms with Gasteiger partial charge in [-0.15, -0.1) is 0 Å². The van der Waals surface area contributed by atoms with Crippen LogP contribution in [0.4, 0.5) is 5.82 Å². The van der Waals surface area contributed by atoms with Crippen LogP contribution in [-0.2, 0) is 20.6 Å². The fourth-order valence-electron chi connectivity index (χ4n) is 3.01. The number of nitrogens with one attached hydrogen (secondary N) is 1. The molecule has 0 atom stereocenters. The number of anilines is 1. The zero-order valence-corrected chi connectivity index (χ0v) is 15.0. The molecule has 0 aliphatic carbocycles. The van der Waals surface area contributed by atoms with Crippen molar-refractivity contribution < 1.29 is 0 Å². The van der Waals surface area contributed by atoms with Gasteiger partial charge in [0.05, 0.1) is 6.54 Å². The van der Waals surface area contributed by atoms with Crippen LogP contribution in [-0.4, -0.2) is 58.2 Å². The van der Waals surface area contributed by atoms with Gasteiger partial charge in [-0.1, -0.05) is 0 Å². The Kier molecular flexibility index (Phi) is 5.06. The first-order valence-electron chi connectivity index (χ1n) is 8.42. The molecule has 0 amide bonds. The zero-order chi connectivity index (χ0) is 17.8. The van der Waals surface area contributed by atoms with Crippen molar-refractivity contribution in [3.05, 3.63) is 46.8 Å². The third kappa shape index (κ3) is 3.67. The van der Waals surface area contributed by atoms with E-state index in [0.717, 1.165) is 38.7 Å². The Bertz CT molecular complexity index is 799. The number of nitrogens with zero attached hydrogens (tertiary/aromatic N) is 6. The Labute approximate surface area is 147 Å². The number of hydrogen-bond acceptors (Lipinski definition) is 4.